The molecule has 2 aliphatic rings. The number of fused-ring (bicyclic) bond motifs is 1. The number of para-hydroxylation sites is 1. The highest BCUT2D eigenvalue weighted by Crippen LogP contribution is 2.47. The number of nitrogens with zero attached hydrogens (tertiary/aromatic N) is 1. The second-order valence-corrected chi connectivity index (χ2v) is 9.38. The van der Waals surface area contributed by atoms with Crippen LogP contribution in [0.25, 0.3) is 0 Å². The largest absolute Gasteiger partial charge is 0.324 e. The number of amides is 2. The SMILES string of the molecule is CC(C)c1cccc(C(C)C)c1NC(=O)[C@H]1CS[C@@]2(C)CCC(=O)N12. The van der Waals surface area contributed by atoms with E-state index in [4.69, 9.17) is 0 Å². The van der Waals surface area contributed by atoms with E-state index < -0.39 is 0 Å². The van der Waals surface area contributed by atoms with Crippen LogP contribution in [0.5, 0.6) is 0 Å². The first-order valence-electron chi connectivity index (χ1n) is 9.14. The van der Waals surface area contributed by atoms with Crippen molar-refractivity contribution in [2.75, 3.05) is 11.1 Å². The van der Waals surface area contributed by atoms with Crippen molar-refractivity contribution in [3.8, 4) is 0 Å². The summed E-state index contributed by atoms with van der Waals surface area (Å²) < 4.78 is 0. The van der Waals surface area contributed by atoms with Gasteiger partial charge in [0.2, 0.25) is 11.8 Å². The van der Waals surface area contributed by atoms with Crippen LogP contribution in [-0.2, 0) is 9.59 Å². The molecule has 3 rings (SSSR count). The fraction of sp³-hybridized carbons (Fsp3) is 0.600. The summed E-state index contributed by atoms with van der Waals surface area (Å²) in [6.07, 6.45) is 1.38. The van der Waals surface area contributed by atoms with E-state index >= 15 is 0 Å². The van der Waals surface area contributed by atoms with Gasteiger partial charge in [0.25, 0.3) is 0 Å². The fourth-order valence-electron chi connectivity index (χ4n) is 3.92. The first kappa shape index (κ1) is 18.3. The standard InChI is InChI=1S/C20H28N2O2S/c1-12(2)14-7-6-8-15(13(3)4)18(14)21-19(24)16-11-25-20(5)10-9-17(23)22(16)20/h6-8,12-13,16H,9-11H2,1-5H3,(H,21,24)/t16-,20+/m1/s1. The quantitative estimate of drug-likeness (QED) is 0.869. The molecular formula is C20H28N2O2S. The molecule has 0 spiro atoms. The van der Waals surface area contributed by atoms with E-state index in [1.165, 1.54) is 0 Å². The number of hydrogen-bond acceptors (Lipinski definition) is 3. The summed E-state index contributed by atoms with van der Waals surface area (Å²) in [4.78, 5) is 27.0. The molecule has 4 nitrogen and oxygen atoms in total. The number of hydrogen-bond donors (Lipinski definition) is 1. The van der Waals surface area contributed by atoms with Crippen LogP contribution in [0.2, 0.25) is 0 Å². The number of carbonyl (C=O) groups is 2. The third kappa shape index (κ3) is 3.19. The molecule has 5 heteroatoms. The zero-order valence-corrected chi connectivity index (χ0v) is 16.6. The Kier molecular flexibility index (Phi) is 4.89. The molecule has 2 atom stereocenters. The van der Waals surface area contributed by atoms with Crippen LogP contribution in [0, 0.1) is 0 Å². The molecule has 0 radical (unpaired) electrons. The highest BCUT2D eigenvalue weighted by atomic mass is 32.2. The molecular weight excluding hydrogens is 332 g/mol. The lowest BCUT2D eigenvalue weighted by atomic mass is 9.92. The Morgan fingerprint density at radius 1 is 1.24 bits per heavy atom. The molecule has 1 aromatic rings. The third-order valence-corrected chi connectivity index (χ3v) is 6.87. The van der Waals surface area contributed by atoms with Gasteiger partial charge in [0, 0.05) is 17.9 Å². The van der Waals surface area contributed by atoms with E-state index in [9.17, 15) is 9.59 Å². The number of carbonyl (C=O) groups excluding carboxylic acids is 2. The molecule has 0 unspecified atom stereocenters. The second-order valence-electron chi connectivity index (χ2n) is 7.88. The lowest BCUT2D eigenvalue weighted by Gasteiger charge is -2.30. The zero-order chi connectivity index (χ0) is 18.4. The van der Waals surface area contributed by atoms with Crippen LogP contribution in [0.1, 0.15) is 70.4 Å². The van der Waals surface area contributed by atoms with Gasteiger partial charge >= 0.3 is 0 Å². The van der Waals surface area contributed by atoms with Crippen molar-refractivity contribution >= 4 is 29.3 Å². The topological polar surface area (TPSA) is 49.4 Å². The van der Waals surface area contributed by atoms with Crippen molar-refractivity contribution in [1.29, 1.82) is 0 Å². The lowest BCUT2D eigenvalue weighted by Crippen LogP contribution is -2.48. The van der Waals surface area contributed by atoms with E-state index in [-0.39, 0.29) is 22.7 Å². The van der Waals surface area contributed by atoms with Gasteiger partial charge in [0.15, 0.2) is 0 Å². The summed E-state index contributed by atoms with van der Waals surface area (Å²) in [6.45, 7) is 10.6. The smallest absolute Gasteiger partial charge is 0.248 e. The third-order valence-electron chi connectivity index (χ3n) is 5.37. The van der Waals surface area contributed by atoms with Crippen LogP contribution >= 0.6 is 11.8 Å². The molecule has 0 aliphatic carbocycles. The van der Waals surface area contributed by atoms with Crippen molar-refractivity contribution in [2.24, 2.45) is 0 Å². The first-order valence-corrected chi connectivity index (χ1v) is 10.1. The average Bonchev–Trinajstić information content (AvgIpc) is 3.03. The Balaban J connectivity index is 1.90. The Labute approximate surface area is 154 Å². The predicted octanol–water partition coefficient (Wildman–Crippen LogP) is 4.33. The maximum absolute atomic E-state index is 13.1. The van der Waals surface area contributed by atoms with Crippen molar-refractivity contribution in [3.63, 3.8) is 0 Å². The van der Waals surface area contributed by atoms with Gasteiger partial charge in [0.1, 0.15) is 6.04 Å². The Morgan fingerprint density at radius 3 is 2.40 bits per heavy atom. The highest BCUT2D eigenvalue weighted by molar-refractivity contribution is 8.01. The highest BCUT2D eigenvalue weighted by Gasteiger charge is 2.52. The van der Waals surface area contributed by atoms with Gasteiger partial charge in [-0.2, -0.15) is 0 Å². The van der Waals surface area contributed by atoms with Gasteiger partial charge < -0.3 is 10.2 Å². The minimum absolute atomic E-state index is 0.0542. The fourth-order valence-corrected chi connectivity index (χ4v) is 5.35. The Hall–Kier alpha value is -1.49. The number of thioether (sulfide) groups is 1. The number of benzene rings is 1. The summed E-state index contributed by atoms with van der Waals surface area (Å²) in [7, 11) is 0. The van der Waals surface area contributed by atoms with E-state index in [1.54, 1.807) is 11.8 Å². The molecule has 2 fully saturated rings. The second kappa shape index (κ2) is 6.67. The van der Waals surface area contributed by atoms with E-state index in [1.807, 2.05) is 4.90 Å². The van der Waals surface area contributed by atoms with Crippen LogP contribution in [0.3, 0.4) is 0 Å². The minimum atomic E-state index is -0.370. The van der Waals surface area contributed by atoms with Crippen LogP contribution in [0.4, 0.5) is 5.69 Å². The van der Waals surface area contributed by atoms with Crippen molar-refractivity contribution < 1.29 is 9.59 Å². The molecule has 1 aromatic carbocycles. The molecule has 0 saturated carbocycles. The molecule has 1 N–H and O–H groups in total. The first-order chi connectivity index (χ1) is 11.7. The number of nitrogens with one attached hydrogen (secondary N) is 1. The van der Waals surface area contributed by atoms with Crippen molar-refractivity contribution in [3.05, 3.63) is 29.3 Å². The molecule has 0 aromatic heterocycles. The van der Waals surface area contributed by atoms with Gasteiger partial charge in [-0.1, -0.05) is 45.9 Å². The van der Waals surface area contributed by atoms with E-state index in [0.29, 0.717) is 24.0 Å². The summed E-state index contributed by atoms with van der Waals surface area (Å²) >= 11 is 1.73. The van der Waals surface area contributed by atoms with Gasteiger partial charge in [0.05, 0.1) is 4.87 Å². The molecule has 2 saturated heterocycles. The van der Waals surface area contributed by atoms with Crippen LogP contribution < -0.4 is 5.32 Å². The molecule has 0 bridgehead atoms. The summed E-state index contributed by atoms with van der Waals surface area (Å²) in [6, 6.07) is 5.86. The van der Waals surface area contributed by atoms with Crippen LogP contribution in [0.15, 0.2) is 18.2 Å². The summed E-state index contributed by atoms with van der Waals surface area (Å²) in [5, 5.41) is 3.19. The predicted molar refractivity (Wildman–Crippen MR) is 104 cm³/mol. The van der Waals surface area contributed by atoms with Crippen molar-refractivity contribution in [1.82, 2.24) is 4.90 Å². The molecule has 25 heavy (non-hydrogen) atoms. The summed E-state index contributed by atoms with van der Waals surface area (Å²) in [5.41, 5.74) is 3.24. The Morgan fingerprint density at radius 2 is 1.84 bits per heavy atom. The normalized spacial score (nSPS) is 25.8. The zero-order valence-electron chi connectivity index (χ0n) is 15.8. The monoisotopic (exact) mass is 360 g/mol. The van der Waals surface area contributed by atoms with Crippen molar-refractivity contribution in [2.45, 2.75) is 70.2 Å². The van der Waals surface area contributed by atoms with Gasteiger partial charge in [-0.15, -0.1) is 11.8 Å². The molecule has 2 heterocycles. The molecule has 136 valence electrons. The van der Waals surface area contributed by atoms with E-state index in [2.05, 4.69) is 58.1 Å². The molecule has 2 amide bonds. The van der Waals surface area contributed by atoms with Gasteiger partial charge in [-0.05, 0) is 36.3 Å². The van der Waals surface area contributed by atoms with Gasteiger partial charge in [-0.25, -0.2) is 0 Å². The average molecular weight is 361 g/mol. The lowest BCUT2D eigenvalue weighted by molar-refractivity contribution is -0.135. The maximum Gasteiger partial charge on any atom is 0.248 e. The molecule has 2 aliphatic heterocycles. The maximum atomic E-state index is 13.1. The van der Waals surface area contributed by atoms with Gasteiger partial charge in [-0.3, -0.25) is 9.59 Å². The van der Waals surface area contributed by atoms with Crippen LogP contribution in [-0.4, -0.2) is 33.4 Å². The number of anilines is 1. The Bertz CT molecular complexity index is 675. The summed E-state index contributed by atoms with van der Waals surface area (Å²) in [5.74, 6) is 1.38. The minimum Gasteiger partial charge on any atom is -0.324 e. The number of rotatable bonds is 4. The van der Waals surface area contributed by atoms with E-state index in [0.717, 1.165) is 23.2 Å².